The Morgan fingerprint density at radius 3 is 2.73 bits per heavy atom. The smallest absolute Gasteiger partial charge is 0.253 e. The van der Waals surface area contributed by atoms with Crippen LogP contribution in [0.2, 0.25) is 10.0 Å². The Morgan fingerprint density at radius 2 is 2.13 bits per heavy atom. The maximum Gasteiger partial charge on any atom is 0.253 e. The number of hydrogen-bond acceptors (Lipinski definition) is 2. The lowest BCUT2D eigenvalue weighted by Crippen LogP contribution is -2.56. The number of hydrogen-bond donors (Lipinski definition) is 2. The highest BCUT2D eigenvalue weighted by molar-refractivity contribution is 6.35. The lowest BCUT2D eigenvalue weighted by atomic mass is 10.1. The summed E-state index contributed by atoms with van der Waals surface area (Å²) < 4.78 is 0. The van der Waals surface area contributed by atoms with Crippen LogP contribution in [0, 0.1) is 0 Å². The van der Waals surface area contributed by atoms with Crippen LogP contribution in [-0.2, 0) is 0 Å². The van der Waals surface area contributed by atoms with Crippen LogP contribution in [0.15, 0.2) is 18.2 Å². The monoisotopic (exact) mass is 244 g/mol. The highest BCUT2D eigenvalue weighted by Crippen LogP contribution is 2.20. The van der Waals surface area contributed by atoms with Gasteiger partial charge < -0.3 is 10.6 Å². The minimum atomic E-state index is -0.172. The molecule has 0 bridgehead atoms. The lowest BCUT2D eigenvalue weighted by molar-refractivity contribution is 0.0924. The van der Waals surface area contributed by atoms with Gasteiger partial charge in [-0.2, -0.15) is 0 Å². The third-order valence-corrected chi connectivity index (χ3v) is 2.85. The normalized spacial score (nSPS) is 15.9. The summed E-state index contributed by atoms with van der Waals surface area (Å²) in [5, 5.41) is 6.86. The van der Waals surface area contributed by atoms with Gasteiger partial charge in [0.1, 0.15) is 0 Å². The molecule has 2 rings (SSSR count). The number of halogens is 2. The van der Waals surface area contributed by atoms with Crippen LogP contribution in [0.1, 0.15) is 10.4 Å². The third-order valence-electron chi connectivity index (χ3n) is 2.29. The molecule has 1 aliphatic rings. The molecule has 15 heavy (non-hydrogen) atoms. The van der Waals surface area contributed by atoms with Gasteiger partial charge in [0, 0.05) is 18.1 Å². The fourth-order valence-corrected chi connectivity index (χ4v) is 1.70. The number of carbonyl (C=O) groups is 1. The van der Waals surface area contributed by atoms with Crippen LogP contribution in [0.25, 0.3) is 0 Å². The maximum atomic E-state index is 11.7. The molecular weight excluding hydrogens is 235 g/mol. The summed E-state index contributed by atoms with van der Waals surface area (Å²) in [7, 11) is 0. The topological polar surface area (TPSA) is 41.1 Å². The van der Waals surface area contributed by atoms with E-state index >= 15 is 0 Å². The van der Waals surface area contributed by atoms with Crippen LogP contribution in [0.3, 0.4) is 0 Å². The van der Waals surface area contributed by atoms with Crippen LogP contribution in [0.5, 0.6) is 0 Å². The second-order valence-corrected chi connectivity index (χ2v) is 4.30. The summed E-state index contributed by atoms with van der Waals surface area (Å²) in [5.41, 5.74) is 0.427. The molecule has 1 heterocycles. The minimum absolute atomic E-state index is 0.172. The van der Waals surface area contributed by atoms with Crippen molar-refractivity contribution in [2.75, 3.05) is 13.1 Å². The van der Waals surface area contributed by atoms with Crippen LogP contribution in [-0.4, -0.2) is 25.0 Å². The molecule has 1 aliphatic heterocycles. The average Bonchev–Trinajstić information content (AvgIpc) is 2.15. The van der Waals surface area contributed by atoms with Crippen molar-refractivity contribution in [3.63, 3.8) is 0 Å². The Bertz CT molecular complexity index is 391. The van der Waals surface area contributed by atoms with Crippen molar-refractivity contribution in [3.05, 3.63) is 33.8 Å². The molecule has 80 valence electrons. The molecule has 3 nitrogen and oxygen atoms in total. The zero-order valence-electron chi connectivity index (χ0n) is 7.89. The Hall–Kier alpha value is -0.770. The van der Waals surface area contributed by atoms with Crippen molar-refractivity contribution in [2.45, 2.75) is 6.04 Å². The van der Waals surface area contributed by atoms with Gasteiger partial charge in [0.05, 0.1) is 16.6 Å². The van der Waals surface area contributed by atoms with Gasteiger partial charge in [-0.3, -0.25) is 4.79 Å². The minimum Gasteiger partial charge on any atom is -0.347 e. The first-order chi connectivity index (χ1) is 7.16. The Kier molecular flexibility index (Phi) is 3.14. The molecule has 1 fully saturated rings. The first-order valence-corrected chi connectivity index (χ1v) is 5.39. The molecule has 1 saturated heterocycles. The van der Waals surface area contributed by atoms with Crippen molar-refractivity contribution < 1.29 is 4.79 Å². The fourth-order valence-electron chi connectivity index (χ4n) is 1.33. The van der Waals surface area contributed by atoms with Gasteiger partial charge in [-0.05, 0) is 18.2 Å². The van der Waals surface area contributed by atoms with Crippen molar-refractivity contribution in [3.8, 4) is 0 Å². The summed E-state index contributed by atoms with van der Waals surface area (Å²) >= 11 is 11.7. The molecule has 0 aliphatic carbocycles. The molecule has 0 aromatic heterocycles. The second kappa shape index (κ2) is 4.39. The van der Waals surface area contributed by atoms with Gasteiger partial charge in [-0.1, -0.05) is 23.2 Å². The quantitative estimate of drug-likeness (QED) is 0.832. The summed E-state index contributed by atoms with van der Waals surface area (Å²) in [4.78, 5) is 11.7. The molecule has 0 spiro atoms. The molecule has 1 aromatic rings. The average molecular weight is 245 g/mol. The van der Waals surface area contributed by atoms with E-state index in [0.29, 0.717) is 15.6 Å². The van der Waals surface area contributed by atoms with Crippen LogP contribution < -0.4 is 10.6 Å². The molecule has 0 radical (unpaired) electrons. The molecule has 0 unspecified atom stereocenters. The first-order valence-electron chi connectivity index (χ1n) is 4.63. The number of nitrogens with one attached hydrogen (secondary N) is 2. The predicted molar refractivity (Wildman–Crippen MR) is 60.6 cm³/mol. The van der Waals surface area contributed by atoms with Gasteiger partial charge in [-0.15, -0.1) is 0 Å². The molecule has 1 amide bonds. The fraction of sp³-hybridized carbons (Fsp3) is 0.300. The van der Waals surface area contributed by atoms with Gasteiger partial charge in [0.2, 0.25) is 0 Å². The number of amides is 1. The van der Waals surface area contributed by atoms with E-state index in [1.54, 1.807) is 18.2 Å². The highest BCUT2D eigenvalue weighted by atomic mass is 35.5. The van der Waals surface area contributed by atoms with E-state index in [2.05, 4.69) is 10.6 Å². The molecule has 0 saturated carbocycles. The van der Waals surface area contributed by atoms with Crippen molar-refractivity contribution in [1.29, 1.82) is 0 Å². The molecule has 1 aromatic carbocycles. The van der Waals surface area contributed by atoms with E-state index in [-0.39, 0.29) is 11.9 Å². The van der Waals surface area contributed by atoms with E-state index < -0.39 is 0 Å². The van der Waals surface area contributed by atoms with E-state index in [9.17, 15) is 4.79 Å². The predicted octanol–water partition coefficient (Wildman–Crippen LogP) is 1.70. The van der Waals surface area contributed by atoms with E-state index in [1.807, 2.05) is 0 Å². The summed E-state index contributed by atoms with van der Waals surface area (Å²) in [6.45, 7) is 1.62. The van der Waals surface area contributed by atoms with Crippen molar-refractivity contribution >= 4 is 29.1 Å². The zero-order chi connectivity index (χ0) is 10.8. The first kappa shape index (κ1) is 10.7. The summed E-state index contributed by atoms with van der Waals surface area (Å²) in [5.74, 6) is -0.172. The summed E-state index contributed by atoms with van der Waals surface area (Å²) in [6, 6.07) is 5.06. The largest absolute Gasteiger partial charge is 0.347 e. The van der Waals surface area contributed by atoms with Crippen LogP contribution >= 0.6 is 23.2 Å². The Morgan fingerprint density at radius 1 is 1.40 bits per heavy atom. The summed E-state index contributed by atoms with van der Waals surface area (Å²) in [6.07, 6.45) is 0. The van der Waals surface area contributed by atoms with Crippen molar-refractivity contribution in [2.24, 2.45) is 0 Å². The number of carbonyl (C=O) groups excluding carboxylic acids is 1. The van der Waals surface area contributed by atoms with E-state index in [1.165, 1.54) is 0 Å². The SMILES string of the molecule is O=C(NC1CNC1)c1cc(Cl)ccc1Cl. The van der Waals surface area contributed by atoms with E-state index in [4.69, 9.17) is 23.2 Å². The maximum absolute atomic E-state index is 11.7. The second-order valence-electron chi connectivity index (χ2n) is 3.45. The standard InChI is InChI=1S/C10H10Cl2N2O/c11-6-1-2-9(12)8(3-6)10(15)14-7-4-13-5-7/h1-3,7,13H,4-5H2,(H,14,15). The Labute approximate surface area is 97.8 Å². The molecule has 2 N–H and O–H groups in total. The number of benzene rings is 1. The molecular formula is C10H10Cl2N2O. The lowest BCUT2D eigenvalue weighted by Gasteiger charge is -2.28. The van der Waals surface area contributed by atoms with Crippen molar-refractivity contribution in [1.82, 2.24) is 10.6 Å². The molecule has 5 heteroatoms. The third kappa shape index (κ3) is 2.43. The van der Waals surface area contributed by atoms with Gasteiger partial charge >= 0.3 is 0 Å². The Balaban J connectivity index is 2.12. The highest BCUT2D eigenvalue weighted by Gasteiger charge is 2.20. The van der Waals surface area contributed by atoms with Crippen LogP contribution in [0.4, 0.5) is 0 Å². The number of rotatable bonds is 2. The van der Waals surface area contributed by atoms with E-state index in [0.717, 1.165) is 13.1 Å². The van der Waals surface area contributed by atoms with Gasteiger partial charge in [0.25, 0.3) is 5.91 Å². The van der Waals surface area contributed by atoms with Gasteiger partial charge in [0.15, 0.2) is 0 Å². The zero-order valence-corrected chi connectivity index (χ0v) is 9.40. The van der Waals surface area contributed by atoms with Gasteiger partial charge in [-0.25, -0.2) is 0 Å². The molecule has 0 atom stereocenters.